The van der Waals surface area contributed by atoms with Gasteiger partial charge in [0.05, 0.1) is 0 Å². The van der Waals surface area contributed by atoms with Crippen LogP contribution in [0.15, 0.2) is 24.4 Å². The Morgan fingerprint density at radius 1 is 1.44 bits per heavy atom. The Kier molecular flexibility index (Phi) is 4.24. The summed E-state index contributed by atoms with van der Waals surface area (Å²) in [5.74, 6) is 0. The molecule has 0 N–H and O–H groups in total. The lowest BCUT2D eigenvalue weighted by Crippen LogP contribution is -2.17. The molecular weight excluding hydrogens is 134 g/mol. The first-order chi connectivity index (χ1) is 3.93. The van der Waals surface area contributed by atoms with Crippen molar-refractivity contribution in [2.75, 3.05) is 13.1 Å². The summed E-state index contributed by atoms with van der Waals surface area (Å²) in [5, 5.41) is 0. The van der Waals surface area contributed by atoms with Gasteiger partial charge in [0, 0.05) is 13.1 Å². The zero-order chi connectivity index (χ0) is 5.82. The van der Waals surface area contributed by atoms with Crippen LogP contribution in [0.3, 0.4) is 0 Å². The summed E-state index contributed by atoms with van der Waals surface area (Å²) < 4.78 is 0. The van der Waals surface area contributed by atoms with Crippen LogP contribution in [-0.4, -0.2) is 18.0 Å². The number of rotatable bonds is 1. The zero-order valence-electron chi connectivity index (χ0n) is 5.58. The third kappa shape index (κ3) is 2.56. The molecule has 0 aliphatic carbocycles. The van der Waals surface area contributed by atoms with Crippen LogP contribution < -0.4 is 0 Å². The third-order valence-corrected chi connectivity index (χ3v) is 1.29. The van der Waals surface area contributed by atoms with Crippen LogP contribution in [0.25, 0.3) is 0 Å². The fourth-order valence-corrected chi connectivity index (χ4v) is 0.742. The van der Waals surface area contributed by atoms with Crippen LogP contribution in [0.2, 0.25) is 0 Å². The molecule has 1 rings (SSSR count). The van der Waals surface area contributed by atoms with Gasteiger partial charge in [-0.15, -0.1) is 12.4 Å². The van der Waals surface area contributed by atoms with Crippen molar-refractivity contribution in [2.45, 2.75) is 6.92 Å². The molecule has 2 heteroatoms. The molecule has 0 saturated carbocycles. The standard InChI is InChI=1S/C7H11N.ClH/c1-2-8-6-4-3-5-7-8;/h3-6H,2,7H2,1H3;1H. The number of allylic oxidation sites excluding steroid dienone is 2. The Morgan fingerprint density at radius 3 is 2.56 bits per heavy atom. The molecule has 1 heterocycles. The Morgan fingerprint density at radius 2 is 2.22 bits per heavy atom. The van der Waals surface area contributed by atoms with Gasteiger partial charge in [0.2, 0.25) is 0 Å². The normalized spacial score (nSPS) is 15.4. The summed E-state index contributed by atoms with van der Waals surface area (Å²) in [4.78, 5) is 2.25. The highest BCUT2D eigenvalue weighted by Crippen LogP contribution is 1.95. The molecule has 9 heavy (non-hydrogen) atoms. The lowest BCUT2D eigenvalue weighted by atomic mass is 10.3. The van der Waals surface area contributed by atoms with E-state index in [4.69, 9.17) is 0 Å². The molecule has 0 aromatic rings. The topological polar surface area (TPSA) is 3.24 Å². The van der Waals surface area contributed by atoms with Crippen LogP contribution in [0.5, 0.6) is 0 Å². The molecule has 0 aromatic heterocycles. The van der Waals surface area contributed by atoms with E-state index >= 15 is 0 Å². The first-order valence-corrected chi connectivity index (χ1v) is 3.01. The van der Waals surface area contributed by atoms with Gasteiger partial charge in [0.15, 0.2) is 0 Å². The van der Waals surface area contributed by atoms with Crippen LogP contribution in [-0.2, 0) is 0 Å². The molecular formula is C7H12ClN. The van der Waals surface area contributed by atoms with Crippen molar-refractivity contribution in [1.29, 1.82) is 0 Å². The summed E-state index contributed by atoms with van der Waals surface area (Å²) in [5.41, 5.74) is 0. The van der Waals surface area contributed by atoms with Gasteiger partial charge in [-0.2, -0.15) is 0 Å². The fourth-order valence-electron chi connectivity index (χ4n) is 0.742. The maximum Gasteiger partial charge on any atom is 0.0356 e. The second-order valence-electron chi connectivity index (χ2n) is 1.86. The third-order valence-electron chi connectivity index (χ3n) is 1.29. The minimum Gasteiger partial charge on any atom is -0.374 e. The summed E-state index contributed by atoms with van der Waals surface area (Å²) in [6.45, 7) is 4.34. The lowest BCUT2D eigenvalue weighted by molar-refractivity contribution is 0.436. The molecule has 1 aliphatic heterocycles. The molecule has 0 aromatic carbocycles. The largest absolute Gasteiger partial charge is 0.374 e. The molecule has 0 unspecified atom stereocenters. The highest BCUT2D eigenvalue weighted by molar-refractivity contribution is 5.85. The van der Waals surface area contributed by atoms with Crippen molar-refractivity contribution in [1.82, 2.24) is 4.90 Å². The second kappa shape index (κ2) is 4.45. The number of likely N-dealkylation sites (N-methyl/N-ethyl adjacent to an activating group) is 1. The minimum atomic E-state index is 0. The average Bonchev–Trinajstić information content (AvgIpc) is 1.90. The van der Waals surface area contributed by atoms with E-state index in [1.807, 2.05) is 0 Å². The number of halogens is 1. The van der Waals surface area contributed by atoms with E-state index in [0.717, 1.165) is 13.1 Å². The van der Waals surface area contributed by atoms with Gasteiger partial charge in [0.1, 0.15) is 0 Å². The Hall–Kier alpha value is -0.430. The van der Waals surface area contributed by atoms with Crippen molar-refractivity contribution in [3.05, 3.63) is 24.4 Å². The quantitative estimate of drug-likeness (QED) is 0.544. The molecule has 52 valence electrons. The van der Waals surface area contributed by atoms with Crippen LogP contribution in [0, 0.1) is 0 Å². The van der Waals surface area contributed by atoms with E-state index in [2.05, 4.69) is 36.3 Å². The van der Waals surface area contributed by atoms with Gasteiger partial charge >= 0.3 is 0 Å². The maximum absolute atomic E-state index is 2.25. The van der Waals surface area contributed by atoms with Crippen LogP contribution in [0.4, 0.5) is 0 Å². The van der Waals surface area contributed by atoms with Gasteiger partial charge in [-0.3, -0.25) is 0 Å². The predicted octanol–water partition coefficient (Wildman–Crippen LogP) is 1.81. The van der Waals surface area contributed by atoms with E-state index in [0.29, 0.717) is 0 Å². The smallest absolute Gasteiger partial charge is 0.0356 e. The van der Waals surface area contributed by atoms with Gasteiger partial charge in [0.25, 0.3) is 0 Å². The van der Waals surface area contributed by atoms with E-state index < -0.39 is 0 Å². The maximum atomic E-state index is 2.25. The average molecular weight is 146 g/mol. The Labute approximate surface area is 62.5 Å². The molecule has 0 amide bonds. The zero-order valence-corrected chi connectivity index (χ0v) is 6.40. The molecule has 0 spiro atoms. The number of hydrogen-bond acceptors (Lipinski definition) is 1. The molecule has 1 aliphatic rings. The molecule has 1 nitrogen and oxygen atoms in total. The van der Waals surface area contributed by atoms with Gasteiger partial charge in [-0.1, -0.05) is 12.2 Å². The van der Waals surface area contributed by atoms with Crippen molar-refractivity contribution in [2.24, 2.45) is 0 Å². The molecule has 0 atom stereocenters. The van der Waals surface area contributed by atoms with Crippen molar-refractivity contribution >= 4 is 12.4 Å². The number of hydrogen-bond donors (Lipinski definition) is 0. The highest BCUT2D eigenvalue weighted by Gasteiger charge is 1.91. The van der Waals surface area contributed by atoms with Gasteiger partial charge in [-0.25, -0.2) is 0 Å². The number of nitrogens with zero attached hydrogens (tertiary/aromatic N) is 1. The summed E-state index contributed by atoms with van der Waals surface area (Å²) >= 11 is 0. The summed E-state index contributed by atoms with van der Waals surface area (Å²) in [6.07, 6.45) is 8.41. The molecule has 0 fully saturated rings. The molecule has 0 radical (unpaired) electrons. The van der Waals surface area contributed by atoms with E-state index in [1.165, 1.54) is 0 Å². The highest BCUT2D eigenvalue weighted by atomic mass is 35.5. The summed E-state index contributed by atoms with van der Waals surface area (Å²) in [6, 6.07) is 0. The van der Waals surface area contributed by atoms with E-state index in [1.54, 1.807) is 0 Å². The second-order valence-corrected chi connectivity index (χ2v) is 1.86. The van der Waals surface area contributed by atoms with Crippen molar-refractivity contribution in [3.8, 4) is 0 Å². The molecule has 0 saturated heterocycles. The van der Waals surface area contributed by atoms with Crippen LogP contribution >= 0.6 is 12.4 Å². The fraction of sp³-hybridized carbons (Fsp3) is 0.429. The van der Waals surface area contributed by atoms with Gasteiger partial charge in [-0.05, 0) is 19.2 Å². The predicted molar refractivity (Wildman–Crippen MR) is 42.8 cm³/mol. The monoisotopic (exact) mass is 145 g/mol. The minimum absolute atomic E-state index is 0. The van der Waals surface area contributed by atoms with E-state index in [-0.39, 0.29) is 12.4 Å². The van der Waals surface area contributed by atoms with Crippen LogP contribution in [0.1, 0.15) is 6.92 Å². The first kappa shape index (κ1) is 8.57. The van der Waals surface area contributed by atoms with Crippen molar-refractivity contribution in [3.63, 3.8) is 0 Å². The summed E-state index contributed by atoms with van der Waals surface area (Å²) in [7, 11) is 0. The van der Waals surface area contributed by atoms with Crippen molar-refractivity contribution < 1.29 is 0 Å². The lowest BCUT2D eigenvalue weighted by Gasteiger charge is -2.16. The first-order valence-electron chi connectivity index (χ1n) is 3.01. The SMILES string of the molecule is CCN1C=CC=CC1.Cl. The van der Waals surface area contributed by atoms with E-state index in [9.17, 15) is 0 Å². The Balaban J connectivity index is 0.000000640. The Bertz CT molecular complexity index is 118. The molecule has 0 bridgehead atoms. The van der Waals surface area contributed by atoms with Gasteiger partial charge < -0.3 is 4.90 Å².